The average Bonchev–Trinajstić information content (AvgIpc) is 3.46. The van der Waals surface area contributed by atoms with Gasteiger partial charge < -0.3 is 21.7 Å². The van der Waals surface area contributed by atoms with Crippen LogP contribution in [0.15, 0.2) is 60.7 Å². The quantitative estimate of drug-likeness (QED) is 0.108. The molecule has 5 N–H and O–H groups in total. The summed E-state index contributed by atoms with van der Waals surface area (Å²) in [4.78, 5) is 18.0. The molecule has 370 valence electrons. The number of hydrogen-bond acceptors (Lipinski definition) is 9. The molecule has 6 atom stereocenters. The lowest BCUT2D eigenvalue weighted by Gasteiger charge is -2.39. The van der Waals surface area contributed by atoms with Crippen molar-refractivity contribution in [3.63, 3.8) is 0 Å². The number of nitrogen functional groups attached to an aromatic ring is 1. The van der Waals surface area contributed by atoms with Crippen LogP contribution in [-0.2, 0) is 16.6 Å². The number of anilines is 4. The predicted molar refractivity (Wildman–Crippen MR) is 288 cm³/mol. The van der Waals surface area contributed by atoms with Crippen LogP contribution < -0.4 is 21.7 Å². The first kappa shape index (κ1) is 64.4. The molecular formula is C54H102N8O2. The molecule has 10 heteroatoms. The summed E-state index contributed by atoms with van der Waals surface area (Å²) in [5, 5.41) is 21.7. The van der Waals surface area contributed by atoms with Gasteiger partial charge in [0.25, 0.3) is 5.69 Å². The lowest BCUT2D eigenvalue weighted by Crippen LogP contribution is -2.47. The van der Waals surface area contributed by atoms with E-state index < -0.39 is 0 Å². The Hall–Kier alpha value is -3.86. The summed E-state index contributed by atoms with van der Waals surface area (Å²) in [5.41, 5.74) is 13.6. The van der Waals surface area contributed by atoms with Crippen LogP contribution in [0.1, 0.15) is 183 Å². The van der Waals surface area contributed by atoms with Crippen LogP contribution in [0.2, 0.25) is 0 Å². The second-order valence-corrected chi connectivity index (χ2v) is 16.8. The van der Waals surface area contributed by atoms with Gasteiger partial charge in [-0.3, -0.25) is 24.8 Å². The molecule has 0 amide bonds. The molecular weight excluding hydrogens is 793 g/mol. The van der Waals surface area contributed by atoms with E-state index in [2.05, 4.69) is 165 Å². The Morgan fingerprint density at radius 1 is 0.484 bits per heavy atom. The minimum Gasteiger partial charge on any atom is -0.397 e. The van der Waals surface area contributed by atoms with Gasteiger partial charge in [-0.15, -0.1) is 0 Å². The Kier molecular flexibility index (Phi) is 30.6. The number of hydrogen-bond donors (Lipinski definition) is 4. The van der Waals surface area contributed by atoms with Gasteiger partial charge in [-0.05, 0) is 127 Å². The molecule has 3 aliphatic heterocycles. The van der Waals surface area contributed by atoms with Crippen molar-refractivity contribution in [1.82, 2.24) is 14.7 Å². The minimum absolute atomic E-state index is 0.0120. The topological polar surface area (TPSA) is 115 Å². The number of fused-ring (bicyclic) bond motifs is 3. The van der Waals surface area contributed by atoms with Crippen LogP contribution in [0.25, 0.3) is 0 Å². The van der Waals surface area contributed by atoms with Gasteiger partial charge >= 0.3 is 0 Å². The Bertz CT molecular complexity index is 1730. The molecule has 0 bridgehead atoms. The molecule has 3 aromatic carbocycles. The van der Waals surface area contributed by atoms with E-state index in [-0.39, 0.29) is 39.3 Å². The van der Waals surface area contributed by atoms with Gasteiger partial charge in [-0.2, -0.15) is 0 Å². The molecule has 6 unspecified atom stereocenters. The highest BCUT2D eigenvalue weighted by Gasteiger charge is 2.40. The smallest absolute Gasteiger partial charge is 0.292 e. The first-order chi connectivity index (χ1) is 30.1. The van der Waals surface area contributed by atoms with Crippen molar-refractivity contribution in [3.05, 3.63) is 87.5 Å². The summed E-state index contributed by atoms with van der Waals surface area (Å²) in [5.74, 6) is 0. The molecule has 0 saturated carbocycles. The summed E-state index contributed by atoms with van der Waals surface area (Å²) in [6.07, 6.45) is 0. The van der Waals surface area contributed by atoms with Gasteiger partial charge in [0.15, 0.2) is 0 Å². The number of rotatable bonds is 1. The van der Waals surface area contributed by atoms with Crippen molar-refractivity contribution in [2.75, 3.05) is 42.8 Å². The number of nitrogens with two attached hydrogens (primary N) is 1. The van der Waals surface area contributed by atoms with Crippen molar-refractivity contribution >= 4 is 28.4 Å². The summed E-state index contributed by atoms with van der Waals surface area (Å²) in [6, 6.07) is 22.3. The molecule has 3 aromatic rings. The lowest BCUT2D eigenvalue weighted by molar-refractivity contribution is -0.384. The maximum absolute atomic E-state index is 11.2. The van der Waals surface area contributed by atoms with E-state index in [0.717, 1.165) is 16.9 Å². The Morgan fingerprint density at radius 3 is 1.20 bits per heavy atom. The molecule has 0 aromatic heterocycles. The third-order valence-corrected chi connectivity index (χ3v) is 13.0. The SMILES string of the molecule is CC.CC.CC.CC.CC.CC.CC1Nc2c(N)cccc2C(C)(C)N(C)C1C.CC1Nc2c([N+](=O)[O-])cccc2C(C)(C)N(C)C1C.CC1Nc2ccccc2C(C)(C)N(C)C1C. The lowest BCUT2D eigenvalue weighted by atomic mass is 9.90. The zero-order valence-corrected chi connectivity index (χ0v) is 46.4. The standard InChI is InChI=1S/C14H21N3O2.C14H23N3.C14H22N2.6C2H6/c1-9-10(2)16(5)14(3,4)11-7-6-8-12(17(18)19)13(11)15-9;1-9-10(2)17(5)14(3,4)11-7-6-8-12(15)13(11)16-9;1-10-11(2)16(5)14(3,4)12-8-6-7-9-13(12)15-10;6*1-2/h6-10,15H,1-5H3;6-10,16H,15H2,1-5H3;6-11,15H,1-5H3;6*1-2H3. The molecule has 0 fully saturated rings. The number of nitro groups is 1. The van der Waals surface area contributed by atoms with E-state index >= 15 is 0 Å². The van der Waals surface area contributed by atoms with Crippen LogP contribution in [0.4, 0.5) is 28.4 Å². The van der Waals surface area contributed by atoms with Crippen molar-refractivity contribution in [2.45, 2.75) is 219 Å². The van der Waals surface area contributed by atoms with Gasteiger partial charge in [-0.1, -0.05) is 126 Å². The van der Waals surface area contributed by atoms with E-state index in [4.69, 9.17) is 5.73 Å². The predicted octanol–water partition coefficient (Wildman–Crippen LogP) is 14.8. The Balaban J connectivity index is -0.000000780. The van der Waals surface area contributed by atoms with Crippen LogP contribution in [0.5, 0.6) is 0 Å². The van der Waals surface area contributed by atoms with Crippen molar-refractivity contribution in [2.24, 2.45) is 0 Å². The maximum atomic E-state index is 11.2. The molecule has 0 aliphatic carbocycles. The van der Waals surface area contributed by atoms with Gasteiger partial charge in [0.05, 0.1) is 16.3 Å². The average molecular weight is 895 g/mol. The third-order valence-electron chi connectivity index (χ3n) is 13.0. The van der Waals surface area contributed by atoms with Gasteiger partial charge in [0, 0.05) is 70.2 Å². The number of nitro benzene ring substituents is 1. The van der Waals surface area contributed by atoms with Gasteiger partial charge in [0.1, 0.15) is 5.69 Å². The fraction of sp³-hybridized carbons (Fsp3) is 0.667. The maximum Gasteiger partial charge on any atom is 0.292 e. The van der Waals surface area contributed by atoms with E-state index in [0.29, 0.717) is 29.9 Å². The van der Waals surface area contributed by atoms with Crippen LogP contribution in [-0.4, -0.2) is 77.0 Å². The second kappa shape index (κ2) is 30.4. The zero-order chi connectivity index (χ0) is 51.1. The number of benzene rings is 3. The monoisotopic (exact) mass is 895 g/mol. The summed E-state index contributed by atoms with van der Waals surface area (Å²) < 4.78 is 0. The van der Waals surface area contributed by atoms with Crippen LogP contribution in [0.3, 0.4) is 0 Å². The van der Waals surface area contributed by atoms with Crippen molar-refractivity contribution in [1.29, 1.82) is 0 Å². The number of para-hydroxylation sites is 3. The number of nitrogens with zero attached hydrogens (tertiary/aromatic N) is 4. The summed E-state index contributed by atoms with van der Waals surface area (Å²) >= 11 is 0. The second-order valence-electron chi connectivity index (χ2n) is 16.8. The molecule has 3 aliphatic rings. The van der Waals surface area contributed by atoms with E-state index in [1.165, 1.54) is 16.8 Å². The molecule has 10 nitrogen and oxygen atoms in total. The highest BCUT2D eigenvalue weighted by molar-refractivity contribution is 5.73. The van der Waals surface area contributed by atoms with Crippen molar-refractivity contribution in [3.8, 4) is 0 Å². The molecule has 0 spiro atoms. The Labute approximate surface area is 396 Å². The minimum atomic E-state index is -0.315. The molecule has 3 heterocycles. The Morgan fingerprint density at radius 2 is 0.797 bits per heavy atom. The largest absolute Gasteiger partial charge is 0.397 e. The molecule has 0 radical (unpaired) electrons. The fourth-order valence-corrected chi connectivity index (χ4v) is 7.90. The van der Waals surface area contributed by atoms with Crippen molar-refractivity contribution < 1.29 is 4.92 Å². The summed E-state index contributed by atoms with van der Waals surface area (Å²) in [6.45, 7) is 50.5. The number of likely N-dealkylation sites (N-methyl/N-ethyl adjacent to an activating group) is 3. The molecule has 6 rings (SSSR count). The summed E-state index contributed by atoms with van der Waals surface area (Å²) in [7, 11) is 6.46. The van der Waals surface area contributed by atoms with E-state index in [9.17, 15) is 10.1 Å². The van der Waals surface area contributed by atoms with Crippen LogP contribution in [0, 0.1) is 10.1 Å². The van der Waals surface area contributed by atoms with Crippen LogP contribution >= 0.6 is 0 Å². The number of nitrogens with one attached hydrogen (secondary N) is 3. The van der Waals surface area contributed by atoms with E-state index in [1.807, 2.05) is 101 Å². The highest BCUT2D eigenvalue weighted by atomic mass is 16.6. The van der Waals surface area contributed by atoms with Gasteiger partial charge in [-0.25, -0.2) is 0 Å². The van der Waals surface area contributed by atoms with E-state index in [1.54, 1.807) is 12.1 Å². The fourth-order valence-electron chi connectivity index (χ4n) is 7.90. The first-order valence-corrected chi connectivity index (χ1v) is 24.8. The molecule has 0 saturated heterocycles. The first-order valence-electron chi connectivity index (χ1n) is 24.8. The van der Waals surface area contributed by atoms with Gasteiger partial charge in [0.2, 0.25) is 0 Å². The highest BCUT2D eigenvalue weighted by Crippen LogP contribution is 2.43. The zero-order valence-electron chi connectivity index (χ0n) is 46.4. The normalized spacial score (nSPS) is 23.0. The molecule has 64 heavy (non-hydrogen) atoms. The third kappa shape index (κ3) is 15.4.